The van der Waals surface area contributed by atoms with Crippen LogP contribution < -0.4 is 5.43 Å². The predicted octanol–water partition coefficient (Wildman–Crippen LogP) is 4.38. The van der Waals surface area contributed by atoms with Gasteiger partial charge >= 0.3 is 0 Å². The summed E-state index contributed by atoms with van der Waals surface area (Å²) in [5.74, 6) is 1.90. The van der Waals surface area contributed by atoms with E-state index in [0.717, 1.165) is 11.3 Å². The normalized spacial score (nSPS) is 10.6. The van der Waals surface area contributed by atoms with Crippen LogP contribution >= 0.6 is 11.3 Å². The summed E-state index contributed by atoms with van der Waals surface area (Å²) in [4.78, 5) is 4.45. The molecular formula is C18H12FN3S. The van der Waals surface area contributed by atoms with Crippen LogP contribution in [0.15, 0.2) is 59.0 Å². The molecule has 1 aromatic heterocycles. The zero-order valence-corrected chi connectivity index (χ0v) is 12.8. The molecule has 5 heteroatoms. The highest BCUT2D eigenvalue weighted by Gasteiger charge is 2.04. The first kappa shape index (κ1) is 14.9. The molecule has 3 rings (SSSR count). The van der Waals surface area contributed by atoms with Crippen LogP contribution in [-0.2, 0) is 0 Å². The van der Waals surface area contributed by atoms with Gasteiger partial charge in [-0.1, -0.05) is 48.4 Å². The fraction of sp³-hybridized carbons (Fsp3) is 0. The Balaban J connectivity index is 1.74. The van der Waals surface area contributed by atoms with Crippen LogP contribution in [0.1, 0.15) is 11.1 Å². The van der Waals surface area contributed by atoms with Crippen LogP contribution in [0.5, 0.6) is 0 Å². The van der Waals surface area contributed by atoms with Crippen LogP contribution in [0, 0.1) is 18.2 Å². The van der Waals surface area contributed by atoms with Crippen molar-refractivity contribution in [2.45, 2.75) is 0 Å². The Labute approximate surface area is 137 Å². The summed E-state index contributed by atoms with van der Waals surface area (Å²) in [6.07, 6.45) is 6.81. The van der Waals surface area contributed by atoms with E-state index in [-0.39, 0.29) is 5.56 Å². The van der Waals surface area contributed by atoms with Gasteiger partial charge in [-0.05, 0) is 6.07 Å². The average molecular weight is 321 g/mol. The number of anilines is 1. The Morgan fingerprint density at radius 3 is 2.78 bits per heavy atom. The first-order valence-electron chi connectivity index (χ1n) is 6.83. The second-order valence-electron chi connectivity index (χ2n) is 4.62. The van der Waals surface area contributed by atoms with Gasteiger partial charge in [-0.15, -0.1) is 17.8 Å². The molecule has 3 nitrogen and oxygen atoms in total. The van der Waals surface area contributed by atoms with Crippen molar-refractivity contribution in [3.8, 4) is 23.6 Å². The summed E-state index contributed by atoms with van der Waals surface area (Å²) in [6, 6.07) is 14.5. The third-order valence-corrected chi connectivity index (χ3v) is 3.87. The van der Waals surface area contributed by atoms with Crippen molar-refractivity contribution < 1.29 is 4.39 Å². The van der Waals surface area contributed by atoms with E-state index >= 15 is 0 Å². The second kappa shape index (κ2) is 6.86. The van der Waals surface area contributed by atoms with E-state index in [4.69, 9.17) is 6.42 Å². The van der Waals surface area contributed by atoms with Crippen molar-refractivity contribution >= 4 is 22.7 Å². The third kappa shape index (κ3) is 3.44. The predicted molar refractivity (Wildman–Crippen MR) is 93.1 cm³/mol. The van der Waals surface area contributed by atoms with Crippen molar-refractivity contribution in [2.75, 3.05) is 5.43 Å². The van der Waals surface area contributed by atoms with Crippen molar-refractivity contribution in [2.24, 2.45) is 5.10 Å². The van der Waals surface area contributed by atoms with Crippen LogP contribution in [0.3, 0.4) is 0 Å². The summed E-state index contributed by atoms with van der Waals surface area (Å²) >= 11 is 1.44. The number of benzene rings is 2. The minimum Gasteiger partial charge on any atom is -0.253 e. The van der Waals surface area contributed by atoms with Crippen LogP contribution in [0.25, 0.3) is 11.3 Å². The van der Waals surface area contributed by atoms with Gasteiger partial charge in [-0.25, -0.2) is 9.37 Å². The lowest BCUT2D eigenvalue weighted by Crippen LogP contribution is -1.95. The molecule has 0 fully saturated rings. The number of hydrazone groups is 1. The fourth-order valence-corrected chi connectivity index (χ4v) is 2.69. The second-order valence-corrected chi connectivity index (χ2v) is 5.48. The molecule has 0 saturated heterocycles. The smallest absolute Gasteiger partial charge is 0.203 e. The quantitative estimate of drug-likeness (QED) is 0.440. The molecule has 112 valence electrons. The monoisotopic (exact) mass is 321 g/mol. The summed E-state index contributed by atoms with van der Waals surface area (Å²) in [5, 5.41) is 6.68. The molecule has 1 N–H and O–H groups in total. The van der Waals surface area contributed by atoms with Gasteiger partial charge in [-0.2, -0.15) is 5.10 Å². The van der Waals surface area contributed by atoms with Crippen molar-refractivity contribution in [3.05, 3.63) is 70.9 Å². The van der Waals surface area contributed by atoms with Gasteiger partial charge in [-0.3, -0.25) is 5.43 Å². The number of halogens is 1. The van der Waals surface area contributed by atoms with Gasteiger partial charge in [0.2, 0.25) is 5.13 Å². The molecule has 0 saturated carbocycles. The fourth-order valence-electron chi connectivity index (χ4n) is 2.02. The van der Waals surface area contributed by atoms with E-state index < -0.39 is 5.82 Å². The zero-order chi connectivity index (χ0) is 16.1. The van der Waals surface area contributed by atoms with Crippen molar-refractivity contribution in [3.63, 3.8) is 0 Å². The summed E-state index contributed by atoms with van der Waals surface area (Å²) in [6.45, 7) is 0. The minimum atomic E-state index is -0.433. The van der Waals surface area contributed by atoms with Crippen LogP contribution in [0.2, 0.25) is 0 Å². The molecule has 0 aliphatic heterocycles. The van der Waals surface area contributed by atoms with Gasteiger partial charge < -0.3 is 0 Å². The first-order chi connectivity index (χ1) is 11.3. The Morgan fingerprint density at radius 2 is 2.00 bits per heavy atom. The molecule has 0 spiro atoms. The number of rotatable bonds is 4. The number of nitrogens with one attached hydrogen (secondary N) is 1. The lowest BCUT2D eigenvalue weighted by Gasteiger charge is -1.99. The summed E-state index contributed by atoms with van der Waals surface area (Å²) in [7, 11) is 0. The van der Waals surface area contributed by atoms with Gasteiger partial charge in [0.1, 0.15) is 5.82 Å². The number of nitrogens with zero attached hydrogens (tertiary/aromatic N) is 2. The highest BCUT2D eigenvalue weighted by molar-refractivity contribution is 7.14. The molecule has 0 aliphatic rings. The highest BCUT2D eigenvalue weighted by Crippen LogP contribution is 2.24. The molecule has 0 unspecified atom stereocenters. The van der Waals surface area contributed by atoms with Gasteiger partial charge in [0, 0.05) is 16.5 Å². The molecule has 0 atom stereocenters. The number of hydrogen-bond acceptors (Lipinski definition) is 4. The lowest BCUT2D eigenvalue weighted by atomic mass is 10.1. The average Bonchev–Trinajstić information content (AvgIpc) is 3.05. The van der Waals surface area contributed by atoms with E-state index in [0.29, 0.717) is 10.7 Å². The van der Waals surface area contributed by atoms with Gasteiger partial charge in [0.05, 0.1) is 17.5 Å². The topological polar surface area (TPSA) is 37.3 Å². The van der Waals surface area contributed by atoms with Gasteiger partial charge in [0.15, 0.2) is 0 Å². The Bertz CT molecular complexity index is 879. The SMILES string of the molecule is C#Cc1c(F)cccc1C=NNc1nc(-c2ccccc2)cs1. The highest BCUT2D eigenvalue weighted by atomic mass is 32.1. The van der Waals surface area contributed by atoms with Gasteiger partial charge in [0.25, 0.3) is 0 Å². The third-order valence-electron chi connectivity index (χ3n) is 3.13. The van der Waals surface area contributed by atoms with Crippen LogP contribution in [-0.4, -0.2) is 11.2 Å². The van der Waals surface area contributed by atoms with E-state index in [9.17, 15) is 4.39 Å². The number of thiazole rings is 1. The maximum atomic E-state index is 13.6. The molecule has 0 radical (unpaired) electrons. The lowest BCUT2D eigenvalue weighted by molar-refractivity contribution is 0.624. The molecule has 2 aromatic carbocycles. The van der Waals surface area contributed by atoms with Crippen molar-refractivity contribution in [1.29, 1.82) is 0 Å². The molecule has 0 aliphatic carbocycles. The summed E-state index contributed by atoms with van der Waals surface area (Å²) in [5.41, 5.74) is 5.50. The van der Waals surface area contributed by atoms with E-state index in [2.05, 4.69) is 21.4 Å². The van der Waals surface area contributed by atoms with Crippen LogP contribution in [0.4, 0.5) is 9.52 Å². The minimum absolute atomic E-state index is 0.196. The molecule has 1 heterocycles. The largest absolute Gasteiger partial charge is 0.253 e. The molecular weight excluding hydrogens is 309 g/mol. The Morgan fingerprint density at radius 1 is 1.17 bits per heavy atom. The number of aromatic nitrogens is 1. The maximum absolute atomic E-state index is 13.6. The van der Waals surface area contributed by atoms with E-state index in [1.807, 2.05) is 35.7 Å². The standard InChI is InChI=1S/C18H12FN3S/c1-2-15-14(9-6-10-16(15)19)11-20-22-18-21-17(12-23-18)13-7-4-3-5-8-13/h1,3-12H,(H,21,22). The molecule has 0 amide bonds. The molecule has 0 bridgehead atoms. The number of hydrogen-bond donors (Lipinski definition) is 1. The van der Waals surface area contributed by atoms with E-state index in [1.165, 1.54) is 23.6 Å². The zero-order valence-electron chi connectivity index (χ0n) is 12.0. The molecule has 23 heavy (non-hydrogen) atoms. The molecule has 3 aromatic rings. The number of terminal acetylenes is 1. The van der Waals surface area contributed by atoms with E-state index in [1.54, 1.807) is 12.1 Å². The Hall–Kier alpha value is -2.97. The van der Waals surface area contributed by atoms with Crippen molar-refractivity contribution in [1.82, 2.24) is 4.98 Å². The maximum Gasteiger partial charge on any atom is 0.203 e. The summed E-state index contributed by atoms with van der Waals surface area (Å²) < 4.78 is 13.6. The first-order valence-corrected chi connectivity index (χ1v) is 7.71. The Kier molecular flexibility index (Phi) is 4.46.